The number of rotatable bonds is 2. The summed E-state index contributed by atoms with van der Waals surface area (Å²) in [5.41, 5.74) is 1.31. The molecule has 1 N–H and O–H groups in total. The predicted molar refractivity (Wildman–Crippen MR) is 79.9 cm³/mol. The summed E-state index contributed by atoms with van der Waals surface area (Å²) in [6.45, 7) is 4.54. The first-order chi connectivity index (χ1) is 9.65. The van der Waals surface area contributed by atoms with Gasteiger partial charge in [-0.25, -0.2) is 4.39 Å². The molecule has 0 amide bonds. The summed E-state index contributed by atoms with van der Waals surface area (Å²) in [7, 11) is 2.02. The minimum Gasteiger partial charge on any atom is -0.334 e. The molecule has 1 unspecified atom stereocenters. The van der Waals surface area contributed by atoms with E-state index in [1.807, 2.05) is 14.0 Å². The number of benzene rings is 1. The maximum Gasteiger partial charge on any atom is 0.260 e. The second kappa shape index (κ2) is 6.51. The van der Waals surface area contributed by atoms with Crippen molar-refractivity contribution in [1.29, 1.82) is 0 Å². The lowest BCUT2D eigenvalue weighted by Gasteiger charge is -2.30. The van der Waals surface area contributed by atoms with Crippen molar-refractivity contribution >= 4 is 12.4 Å². The van der Waals surface area contributed by atoms with Crippen LogP contribution in [0, 0.1) is 12.7 Å². The molecule has 0 bridgehead atoms. The summed E-state index contributed by atoms with van der Waals surface area (Å²) in [5.74, 6) is 0.483. The average molecular weight is 313 g/mol. The summed E-state index contributed by atoms with van der Waals surface area (Å²) in [4.78, 5) is 6.52. The second-order valence-corrected chi connectivity index (χ2v) is 5.14. The summed E-state index contributed by atoms with van der Waals surface area (Å²) >= 11 is 0. The molecular weight excluding hydrogens is 295 g/mol. The van der Waals surface area contributed by atoms with Crippen molar-refractivity contribution in [2.24, 2.45) is 0 Å². The van der Waals surface area contributed by atoms with Gasteiger partial charge in [-0.2, -0.15) is 4.98 Å². The largest absolute Gasteiger partial charge is 0.334 e. The molecule has 2 heterocycles. The molecule has 1 aliphatic heterocycles. The van der Waals surface area contributed by atoms with Crippen LogP contribution in [0.2, 0.25) is 0 Å². The van der Waals surface area contributed by atoms with Crippen molar-refractivity contribution in [2.75, 3.05) is 26.7 Å². The van der Waals surface area contributed by atoms with Gasteiger partial charge >= 0.3 is 0 Å². The van der Waals surface area contributed by atoms with Crippen molar-refractivity contribution in [3.63, 3.8) is 0 Å². The summed E-state index contributed by atoms with van der Waals surface area (Å²) in [5, 5.41) is 7.30. The standard InChI is InChI=1S/C14H17FN4O.ClH/c1-9-3-4-11(15)10(7-9)14-17-13(18-20-14)12-8-16-5-6-19(12)2;/h3-4,7,12,16H,5-6,8H2,1-2H3;1H. The van der Waals surface area contributed by atoms with Gasteiger partial charge in [0.1, 0.15) is 5.82 Å². The Morgan fingerprint density at radius 3 is 3.00 bits per heavy atom. The highest BCUT2D eigenvalue weighted by Gasteiger charge is 2.26. The Bertz CT molecular complexity index is 619. The molecule has 1 saturated heterocycles. The lowest BCUT2D eigenvalue weighted by atomic mass is 10.1. The topological polar surface area (TPSA) is 54.2 Å². The van der Waals surface area contributed by atoms with Gasteiger partial charge in [-0.3, -0.25) is 4.90 Å². The van der Waals surface area contributed by atoms with Crippen molar-refractivity contribution in [1.82, 2.24) is 20.4 Å². The molecule has 1 aliphatic rings. The zero-order valence-electron chi connectivity index (χ0n) is 12.0. The van der Waals surface area contributed by atoms with Crippen LogP contribution >= 0.6 is 12.4 Å². The molecule has 0 spiro atoms. The second-order valence-electron chi connectivity index (χ2n) is 5.14. The zero-order valence-corrected chi connectivity index (χ0v) is 12.8. The van der Waals surface area contributed by atoms with Gasteiger partial charge in [0.2, 0.25) is 0 Å². The quantitative estimate of drug-likeness (QED) is 0.921. The fourth-order valence-corrected chi connectivity index (χ4v) is 2.38. The van der Waals surface area contributed by atoms with Gasteiger partial charge in [-0.15, -0.1) is 12.4 Å². The molecule has 21 heavy (non-hydrogen) atoms. The van der Waals surface area contributed by atoms with E-state index in [0.29, 0.717) is 11.4 Å². The number of aromatic nitrogens is 2. The number of hydrogen-bond acceptors (Lipinski definition) is 5. The van der Waals surface area contributed by atoms with Crippen LogP contribution in [0.15, 0.2) is 22.7 Å². The van der Waals surface area contributed by atoms with E-state index in [9.17, 15) is 4.39 Å². The van der Waals surface area contributed by atoms with Crippen LogP contribution in [-0.4, -0.2) is 41.7 Å². The third-order valence-electron chi connectivity index (χ3n) is 3.60. The van der Waals surface area contributed by atoms with E-state index in [0.717, 1.165) is 25.2 Å². The maximum absolute atomic E-state index is 13.8. The van der Waals surface area contributed by atoms with Crippen LogP contribution in [-0.2, 0) is 0 Å². The number of aryl methyl sites for hydroxylation is 1. The molecule has 1 atom stereocenters. The van der Waals surface area contributed by atoms with Crippen molar-refractivity contribution < 1.29 is 8.91 Å². The van der Waals surface area contributed by atoms with E-state index in [-0.39, 0.29) is 30.2 Å². The first kappa shape index (κ1) is 15.9. The minimum atomic E-state index is -0.346. The lowest BCUT2D eigenvalue weighted by Crippen LogP contribution is -2.44. The predicted octanol–water partition coefficient (Wildman–Crippen LogP) is 2.18. The highest BCUT2D eigenvalue weighted by atomic mass is 35.5. The Labute approximate surface area is 128 Å². The molecule has 1 aromatic carbocycles. The molecule has 1 aromatic heterocycles. The van der Waals surface area contributed by atoms with Gasteiger partial charge in [-0.05, 0) is 26.1 Å². The molecule has 0 radical (unpaired) electrons. The van der Waals surface area contributed by atoms with E-state index in [1.165, 1.54) is 6.07 Å². The molecule has 1 fully saturated rings. The Morgan fingerprint density at radius 1 is 1.43 bits per heavy atom. The number of halogens is 2. The number of nitrogens with zero attached hydrogens (tertiary/aromatic N) is 3. The smallest absolute Gasteiger partial charge is 0.260 e. The highest BCUT2D eigenvalue weighted by Crippen LogP contribution is 2.25. The summed E-state index contributed by atoms with van der Waals surface area (Å²) in [6, 6.07) is 4.92. The van der Waals surface area contributed by atoms with Gasteiger partial charge in [0.05, 0.1) is 11.6 Å². The fourth-order valence-electron chi connectivity index (χ4n) is 2.38. The average Bonchev–Trinajstić information content (AvgIpc) is 2.91. The van der Waals surface area contributed by atoms with Crippen LogP contribution in [0.3, 0.4) is 0 Å². The van der Waals surface area contributed by atoms with E-state index in [4.69, 9.17) is 4.52 Å². The Hall–Kier alpha value is -1.50. The van der Waals surface area contributed by atoms with Crippen molar-refractivity contribution in [3.8, 4) is 11.5 Å². The molecule has 114 valence electrons. The first-order valence-corrected chi connectivity index (χ1v) is 6.66. The van der Waals surface area contributed by atoms with Crippen LogP contribution in [0.1, 0.15) is 17.4 Å². The van der Waals surface area contributed by atoms with Gasteiger partial charge in [0, 0.05) is 19.6 Å². The minimum absolute atomic E-state index is 0. The molecule has 0 saturated carbocycles. The number of hydrogen-bond donors (Lipinski definition) is 1. The molecule has 7 heteroatoms. The first-order valence-electron chi connectivity index (χ1n) is 6.66. The molecule has 3 rings (SSSR count). The van der Waals surface area contributed by atoms with Gasteiger partial charge in [-0.1, -0.05) is 16.8 Å². The summed E-state index contributed by atoms with van der Waals surface area (Å²) in [6.07, 6.45) is 0. The highest BCUT2D eigenvalue weighted by molar-refractivity contribution is 5.85. The van der Waals surface area contributed by atoms with Crippen LogP contribution < -0.4 is 5.32 Å². The van der Waals surface area contributed by atoms with Crippen molar-refractivity contribution in [2.45, 2.75) is 13.0 Å². The number of likely N-dealkylation sites (N-methyl/N-ethyl adjacent to an activating group) is 1. The van der Waals surface area contributed by atoms with Gasteiger partial charge < -0.3 is 9.84 Å². The SMILES string of the molecule is Cc1ccc(F)c(-c2nc(C3CNCCN3C)no2)c1.Cl. The molecular formula is C14H18ClFN4O. The van der Waals surface area contributed by atoms with E-state index in [2.05, 4.69) is 20.4 Å². The Kier molecular flexibility index (Phi) is 4.92. The monoisotopic (exact) mass is 312 g/mol. The van der Waals surface area contributed by atoms with Crippen LogP contribution in [0.4, 0.5) is 4.39 Å². The van der Waals surface area contributed by atoms with Crippen molar-refractivity contribution in [3.05, 3.63) is 35.4 Å². The maximum atomic E-state index is 13.8. The van der Waals surface area contributed by atoms with Crippen LogP contribution in [0.25, 0.3) is 11.5 Å². The van der Waals surface area contributed by atoms with Crippen LogP contribution in [0.5, 0.6) is 0 Å². The molecule has 5 nitrogen and oxygen atoms in total. The van der Waals surface area contributed by atoms with E-state index < -0.39 is 0 Å². The van der Waals surface area contributed by atoms with E-state index >= 15 is 0 Å². The zero-order chi connectivity index (χ0) is 14.1. The van der Waals surface area contributed by atoms with E-state index in [1.54, 1.807) is 12.1 Å². The van der Waals surface area contributed by atoms with Gasteiger partial charge in [0.15, 0.2) is 5.82 Å². The fraction of sp³-hybridized carbons (Fsp3) is 0.429. The van der Waals surface area contributed by atoms with Gasteiger partial charge in [0.25, 0.3) is 5.89 Å². The Balaban J connectivity index is 0.00000161. The molecule has 2 aromatic rings. The third kappa shape index (κ3) is 3.23. The molecule has 0 aliphatic carbocycles. The normalized spacial score (nSPS) is 19.3. The number of piperazine rings is 1. The summed E-state index contributed by atoms with van der Waals surface area (Å²) < 4.78 is 19.1. The number of nitrogens with one attached hydrogen (secondary N) is 1. The Morgan fingerprint density at radius 2 is 2.24 bits per heavy atom. The third-order valence-corrected chi connectivity index (χ3v) is 3.60. The lowest BCUT2D eigenvalue weighted by molar-refractivity contribution is 0.190.